The lowest BCUT2D eigenvalue weighted by Crippen LogP contribution is -2.54. The first-order valence-corrected chi connectivity index (χ1v) is 8.97. The zero-order valence-corrected chi connectivity index (χ0v) is 13.7. The summed E-state index contributed by atoms with van der Waals surface area (Å²) >= 11 is 0. The first kappa shape index (κ1) is 14.9. The van der Waals surface area contributed by atoms with Gasteiger partial charge >= 0.3 is 0 Å². The molecule has 4 rings (SSSR count). The highest BCUT2D eigenvalue weighted by Crippen LogP contribution is 2.65. The van der Waals surface area contributed by atoms with E-state index in [-0.39, 0.29) is 22.7 Å². The van der Waals surface area contributed by atoms with Gasteiger partial charge in [-0.25, -0.2) is 0 Å². The van der Waals surface area contributed by atoms with Crippen LogP contribution in [0.15, 0.2) is 11.6 Å². The van der Waals surface area contributed by atoms with E-state index >= 15 is 0 Å². The van der Waals surface area contributed by atoms with Crippen molar-refractivity contribution in [1.29, 1.82) is 0 Å². The first-order valence-electron chi connectivity index (χ1n) is 8.97. The van der Waals surface area contributed by atoms with E-state index in [0.29, 0.717) is 24.2 Å². The van der Waals surface area contributed by atoms with Gasteiger partial charge in [0.15, 0.2) is 5.78 Å². The Morgan fingerprint density at radius 3 is 2.64 bits per heavy atom. The number of carbonyl (C=O) groups excluding carboxylic acids is 1. The molecule has 22 heavy (non-hydrogen) atoms. The molecule has 4 aliphatic carbocycles. The predicted molar refractivity (Wildman–Crippen MR) is 84.1 cm³/mol. The summed E-state index contributed by atoms with van der Waals surface area (Å²) in [6.45, 7) is 4.54. The molecule has 3 heteroatoms. The van der Waals surface area contributed by atoms with Gasteiger partial charge in [0, 0.05) is 6.42 Å². The van der Waals surface area contributed by atoms with Crippen molar-refractivity contribution in [2.24, 2.45) is 28.6 Å². The molecule has 0 heterocycles. The maximum Gasteiger partial charge on any atom is 0.155 e. The molecule has 0 saturated heterocycles. The number of hydrogen-bond acceptors (Lipinski definition) is 3. The third kappa shape index (κ3) is 1.78. The Kier molecular flexibility index (Phi) is 3.16. The summed E-state index contributed by atoms with van der Waals surface area (Å²) in [6, 6.07) is 0. The maximum absolute atomic E-state index is 11.8. The second-order valence-electron chi connectivity index (χ2n) is 8.75. The molecular formula is C19H28O3. The second-order valence-corrected chi connectivity index (χ2v) is 8.75. The molecule has 0 bridgehead atoms. The lowest BCUT2D eigenvalue weighted by molar-refractivity contribution is -0.120. The van der Waals surface area contributed by atoms with Crippen molar-refractivity contribution >= 4 is 5.78 Å². The van der Waals surface area contributed by atoms with Crippen molar-refractivity contribution in [3.05, 3.63) is 11.6 Å². The third-order valence-corrected chi connectivity index (χ3v) is 7.93. The van der Waals surface area contributed by atoms with Crippen LogP contribution >= 0.6 is 0 Å². The zero-order valence-electron chi connectivity index (χ0n) is 13.7. The van der Waals surface area contributed by atoms with Gasteiger partial charge in [0.05, 0.1) is 12.2 Å². The zero-order chi connectivity index (χ0) is 15.7. The van der Waals surface area contributed by atoms with Gasteiger partial charge in [-0.3, -0.25) is 4.79 Å². The fourth-order valence-corrected chi connectivity index (χ4v) is 6.58. The van der Waals surface area contributed by atoms with Crippen LogP contribution in [0.1, 0.15) is 58.8 Å². The van der Waals surface area contributed by atoms with Crippen molar-refractivity contribution in [2.75, 3.05) is 0 Å². The van der Waals surface area contributed by atoms with E-state index in [0.717, 1.165) is 44.1 Å². The molecule has 0 aromatic heterocycles. The minimum absolute atomic E-state index is 0.00881. The SMILES string of the molecule is C[C@]12CCC(=O)C=C1[C@H](O)C[C@@H]1C2CC[C@@]2(C)C1CC[C@@H]2O. The Morgan fingerprint density at radius 1 is 1.09 bits per heavy atom. The van der Waals surface area contributed by atoms with Gasteiger partial charge in [0.2, 0.25) is 0 Å². The standard InChI is InChI=1S/C19H28O3/c1-18-7-5-11(20)9-15(18)16(21)10-12-13-3-4-17(22)19(13,2)8-6-14(12)18/h9,12-14,16-17,21-22H,3-8,10H2,1-2H3/t12-,13?,14?,16+,17-,18+,19-/m0/s1. The van der Waals surface area contributed by atoms with Crippen molar-refractivity contribution in [3.63, 3.8) is 0 Å². The summed E-state index contributed by atoms with van der Waals surface area (Å²) in [7, 11) is 0. The average molecular weight is 304 g/mol. The van der Waals surface area contributed by atoms with Gasteiger partial charge < -0.3 is 10.2 Å². The van der Waals surface area contributed by atoms with Crippen molar-refractivity contribution in [1.82, 2.24) is 0 Å². The van der Waals surface area contributed by atoms with Gasteiger partial charge in [0.25, 0.3) is 0 Å². The maximum atomic E-state index is 11.8. The smallest absolute Gasteiger partial charge is 0.155 e. The summed E-state index contributed by atoms with van der Waals surface area (Å²) in [5, 5.41) is 21.2. The van der Waals surface area contributed by atoms with Crippen molar-refractivity contribution in [3.8, 4) is 0 Å². The molecule has 4 aliphatic rings. The Hall–Kier alpha value is -0.670. The summed E-state index contributed by atoms with van der Waals surface area (Å²) in [6.07, 6.45) is 7.65. The van der Waals surface area contributed by atoms with E-state index in [4.69, 9.17) is 0 Å². The van der Waals surface area contributed by atoms with Gasteiger partial charge in [0.1, 0.15) is 0 Å². The Morgan fingerprint density at radius 2 is 1.86 bits per heavy atom. The van der Waals surface area contributed by atoms with Gasteiger partial charge in [-0.05, 0) is 78.8 Å². The summed E-state index contributed by atoms with van der Waals surface area (Å²) in [4.78, 5) is 11.8. The molecular weight excluding hydrogens is 276 g/mol. The van der Waals surface area contributed by atoms with Crippen LogP contribution in [0.3, 0.4) is 0 Å². The van der Waals surface area contributed by atoms with E-state index in [2.05, 4.69) is 13.8 Å². The molecule has 2 N–H and O–H groups in total. The molecule has 0 aromatic rings. The number of rotatable bonds is 0. The molecule has 2 unspecified atom stereocenters. The first-order chi connectivity index (χ1) is 10.4. The third-order valence-electron chi connectivity index (χ3n) is 7.93. The number of ketones is 1. The van der Waals surface area contributed by atoms with Crippen LogP contribution in [0.2, 0.25) is 0 Å². The van der Waals surface area contributed by atoms with Crippen LogP contribution < -0.4 is 0 Å². The average Bonchev–Trinajstić information content (AvgIpc) is 2.77. The van der Waals surface area contributed by atoms with E-state index in [1.54, 1.807) is 6.08 Å². The van der Waals surface area contributed by atoms with Crippen LogP contribution in [-0.2, 0) is 4.79 Å². The fourth-order valence-electron chi connectivity index (χ4n) is 6.58. The molecule has 0 radical (unpaired) electrons. The van der Waals surface area contributed by atoms with Crippen LogP contribution in [0.4, 0.5) is 0 Å². The highest BCUT2D eigenvalue weighted by atomic mass is 16.3. The van der Waals surface area contributed by atoms with E-state index in [1.807, 2.05) is 0 Å². The predicted octanol–water partition coefficient (Wildman–Crippen LogP) is 2.85. The minimum Gasteiger partial charge on any atom is -0.393 e. The van der Waals surface area contributed by atoms with E-state index < -0.39 is 6.10 Å². The van der Waals surface area contributed by atoms with Gasteiger partial charge in [-0.1, -0.05) is 13.8 Å². The van der Waals surface area contributed by atoms with E-state index in [1.165, 1.54) is 0 Å². The lowest BCUT2D eigenvalue weighted by Gasteiger charge is -2.58. The highest BCUT2D eigenvalue weighted by molar-refractivity contribution is 5.91. The summed E-state index contributed by atoms with van der Waals surface area (Å²) in [5.74, 6) is 1.79. The Labute approximate surface area is 132 Å². The molecule has 0 aliphatic heterocycles. The second kappa shape index (κ2) is 4.67. The van der Waals surface area contributed by atoms with Crippen molar-refractivity contribution < 1.29 is 15.0 Å². The number of fused-ring (bicyclic) bond motifs is 5. The lowest BCUT2D eigenvalue weighted by atomic mass is 9.47. The van der Waals surface area contributed by atoms with E-state index in [9.17, 15) is 15.0 Å². The molecule has 3 saturated carbocycles. The minimum atomic E-state index is -0.462. The largest absolute Gasteiger partial charge is 0.393 e. The summed E-state index contributed by atoms with van der Waals surface area (Å²) < 4.78 is 0. The molecule has 0 aromatic carbocycles. The number of carbonyl (C=O) groups is 1. The highest BCUT2D eigenvalue weighted by Gasteiger charge is 2.60. The molecule has 7 atom stereocenters. The molecule has 0 amide bonds. The molecule has 0 spiro atoms. The van der Waals surface area contributed by atoms with Gasteiger partial charge in [-0.15, -0.1) is 0 Å². The number of hydrogen-bond donors (Lipinski definition) is 2. The van der Waals surface area contributed by atoms with Crippen LogP contribution in [0, 0.1) is 28.6 Å². The number of aliphatic hydroxyl groups excluding tert-OH is 2. The number of aliphatic hydroxyl groups is 2. The Balaban J connectivity index is 1.73. The topological polar surface area (TPSA) is 57.5 Å². The monoisotopic (exact) mass is 304 g/mol. The van der Waals surface area contributed by atoms with Crippen molar-refractivity contribution in [2.45, 2.75) is 71.0 Å². The van der Waals surface area contributed by atoms with Crippen LogP contribution in [-0.4, -0.2) is 28.2 Å². The molecule has 122 valence electrons. The summed E-state index contributed by atoms with van der Waals surface area (Å²) in [5.41, 5.74) is 1.04. The molecule has 3 fully saturated rings. The van der Waals surface area contributed by atoms with Crippen LogP contribution in [0.5, 0.6) is 0 Å². The molecule has 3 nitrogen and oxygen atoms in total. The quantitative estimate of drug-likeness (QED) is 0.723. The van der Waals surface area contributed by atoms with Crippen LogP contribution in [0.25, 0.3) is 0 Å². The Bertz CT molecular complexity index is 539. The van der Waals surface area contributed by atoms with Gasteiger partial charge in [-0.2, -0.15) is 0 Å². The normalized spacial score (nSPS) is 54.3. The fraction of sp³-hybridized carbons (Fsp3) is 0.842.